The van der Waals surface area contributed by atoms with Gasteiger partial charge in [0.05, 0.1) is 18.8 Å². The summed E-state index contributed by atoms with van der Waals surface area (Å²) in [5, 5.41) is 7.13. The van der Waals surface area contributed by atoms with Crippen molar-refractivity contribution in [2.75, 3.05) is 6.54 Å². The first-order valence-electron chi connectivity index (χ1n) is 5.73. The predicted octanol–water partition coefficient (Wildman–Crippen LogP) is 1.12. The fourth-order valence-electron chi connectivity index (χ4n) is 1.86. The minimum absolute atomic E-state index is 0.0950. The maximum atomic E-state index is 10.9. The monoisotopic (exact) mass is 223 g/mol. The van der Waals surface area contributed by atoms with Crippen molar-refractivity contribution in [2.24, 2.45) is 0 Å². The molecule has 0 spiro atoms. The lowest BCUT2D eigenvalue weighted by atomic mass is 10.2. The van der Waals surface area contributed by atoms with E-state index < -0.39 is 0 Å². The van der Waals surface area contributed by atoms with Crippen LogP contribution in [0.5, 0.6) is 0 Å². The topological polar surface area (TPSA) is 56.2 Å². The minimum atomic E-state index is -0.328. The van der Waals surface area contributed by atoms with Crippen molar-refractivity contribution in [3.05, 3.63) is 17.5 Å². The van der Waals surface area contributed by atoms with Gasteiger partial charge in [-0.15, -0.1) is 0 Å². The molecule has 1 fully saturated rings. The van der Waals surface area contributed by atoms with Crippen LogP contribution in [-0.4, -0.2) is 28.5 Å². The van der Waals surface area contributed by atoms with Crippen LogP contribution in [0.1, 0.15) is 25.2 Å². The van der Waals surface area contributed by atoms with Crippen molar-refractivity contribution < 1.29 is 9.53 Å². The Balaban J connectivity index is 2.07. The molecule has 0 radical (unpaired) electrons. The van der Waals surface area contributed by atoms with Gasteiger partial charge in [-0.1, -0.05) is 13.8 Å². The van der Waals surface area contributed by atoms with Gasteiger partial charge in [-0.2, -0.15) is 5.10 Å². The molecule has 0 aromatic carbocycles. The molecule has 0 bridgehead atoms. The number of rotatable bonds is 4. The minimum Gasteiger partial charge on any atom is -0.442 e. The molecule has 0 saturated carbocycles. The highest BCUT2D eigenvalue weighted by atomic mass is 16.6. The summed E-state index contributed by atoms with van der Waals surface area (Å²) in [6.07, 6.45) is 1.46. The number of carbonyl (C=O) groups excluding carboxylic acids is 1. The Morgan fingerprint density at radius 1 is 1.56 bits per heavy atom. The molecule has 0 aliphatic carbocycles. The number of hydrogen-bond donors (Lipinski definition) is 1. The third kappa shape index (κ3) is 2.18. The van der Waals surface area contributed by atoms with E-state index >= 15 is 0 Å². The van der Waals surface area contributed by atoms with Gasteiger partial charge in [0.2, 0.25) is 0 Å². The third-order valence-corrected chi connectivity index (χ3v) is 2.76. The summed E-state index contributed by atoms with van der Waals surface area (Å²) in [5.74, 6) is 0. The number of nitrogens with one attached hydrogen (secondary N) is 1. The van der Waals surface area contributed by atoms with Crippen LogP contribution in [0.2, 0.25) is 0 Å². The zero-order valence-corrected chi connectivity index (χ0v) is 9.69. The van der Waals surface area contributed by atoms with Crippen LogP contribution in [-0.2, 0) is 24.1 Å². The lowest BCUT2D eigenvalue weighted by molar-refractivity contribution is 0.128. The maximum absolute atomic E-state index is 10.9. The molecule has 2 rings (SSSR count). The zero-order chi connectivity index (χ0) is 11.5. The van der Waals surface area contributed by atoms with E-state index in [2.05, 4.69) is 30.3 Å². The molecule has 1 aromatic heterocycles. The Labute approximate surface area is 94.8 Å². The Morgan fingerprint density at radius 2 is 2.38 bits per heavy atom. The highest BCUT2D eigenvalue weighted by Gasteiger charge is 2.23. The number of hydrogen-bond acceptors (Lipinski definition) is 3. The van der Waals surface area contributed by atoms with Gasteiger partial charge in [0.25, 0.3) is 0 Å². The second-order valence-corrected chi connectivity index (χ2v) is 3.92. The first kappa shape index (κ1) is 11.0. The van der Waals surface area contributed by atoms with Gasteiger partial charge in [0.15, 0.2) is 0 Å². The predicted molar refractivity (Wildman–Crippen MR) is 59.3 cm³/mol. The molecule has 88 valence electrons. The SMILES string of the molecule is CCc1cc(CC)n(CC2CNC(=O)O2)n1. The quantitative estimate of drug-likeness (QED) is 0.832. The van der Waals surface area contributed by atoms with Crippen molar-refractivity contribution in [3.63, 3.8) is 0 Å². The summed E-state index contributed by atoms with van der Waals surface area (Å²) < 4.78 is 7.04. The summed E-state index contributed by atoms with van der Waals surface area (Å²) in [4.78, 5) is 10.9. The van der Waals surface area contributed by atoms with E-state index in [9.17, 15) is 4.79 Å². The standard InChI is InChI=1S/C11H17N3O2/c1-3-8-5-9(4-2)14(13-8)7-10-6-12-11(15)16-10/h5,10H,3-4,6-7H2,1-2H3,(H,12,15). The average molecular weight is 223 g/mol. The molecule has 5 nitrogen and oxygen atoms in total. The van der Waals surface area contributed by atoms with E-state index in [0.717, 1.165) is 18.5 Å². The molecule has 1 unspecified atom stereocenters. The molecular formula is C11H17N3O2. The number of ether oxygens (including phenoxy) is 1. The summed E-state index contributed by atoms with van der Waals surface area (Å²) in [7, 11) is 0. The number of carbonyl (C=O) groups is 1. The van der Waals surface area contributed by atoms with Crippen LogP contribution in [0.4, 0.5) is 4.79 Å². The summed E-state index contributed by atoms with van der Waals surface area (Å²) >= 11 is 0. The highest BCUT2D eigenvalue weighted by molar-refractivity contribution is 5.69. The summed E-state index contributed by atoms with van der Waals surface area (Å²) in [6.45, 7) is 5.40. The van der Waals surface area contributed by atoms with Gasteiger partial charge >= 0.3 is 6.09 Å². The van der Waals surface area contributed by atoms with Crippen LogP contribution >= 0.6 is 0 Å². The van der Waals surface area contributed by atoms with Crippen LogP contribution in [0.3, 0.4) is 0 Å². The van der Waals surface area contributed by atoms with Crippen molar-refractivity contribution in [1.29, 1.82) is 0 Å². The van der Waals surface area contributed by atoms with Crippen molar-refractivity contribution in [2.45, 2.75) is 39.3 Å². The number of cyclic esters (lactones) is 1. The Morgan fingerprint density at radius 3 is 2.94 bits per heavy atom. The fraction of sp³-hybridized carbons (Fsp3) is 0.636. The van der Waals surface area contributed by atoms with Gasteiger partial charge < -0.3 is 10.1 Å². The summed E-state index contributed by atoms with van der Waals surface area (Å²) in [5.41, 5.74) is 2.29. The molecule has 1 saturated heterocycles. The third-order valence-electron chi connectivity index (χ3n) is 2.76. The zero-order valence-electron chi connectivity index (χ0n) is 9.69. The van der Waals surface area contributed by atoms with Gasteiger partial charge in [0.1, 0.15) is 6.10 Å². The number of amides is 1. The molecule has 16 heavy (non-hydrogen) atoms. The van der Waals surface area contributed by atoms with E-state index in [1.807, 2.05) is 4.68 Å². The second kappa shape index (κ2) is 4.55. The lowest BCUT2D eigenvalue weighted by Crippen LogP contribution is -2.22. The van der Waals surface area contributed by atoms with Crippen LogP contribution < -0.4 is 5.32 Å². The smallest absolute Gasteiger partial charge is 0.407 e. The number of alkyl carbamates (subject to hydrolysis) is 1. The van der Waals surface area contributed by atoms with Crippen LogP contribution in [0.25, 0.3) is 0 Å². The molecule has 2 heterocycles. The number of nitrogens with zero attached hydrogens (tertiary/aromatic N) is 2. The number of aryl methyl sites for hydroxylation is 2. The second-order valence-electron chi connectivity index (χ2n) is 3.92. The van der Waals surface area contributed by atoms with Crippen molar-refractivity contribution in [3.8, 4) is 0 Å². The van der Waals surface area contributed by atoms with Gasteiger partial charge in [0, 0.05) is 5.69 Å². The van der Waals surface area contributed by atoms with Gasteiger partial charge in [-0.25, -0.2) is 4.79 Å². The average Bonchev–Trinajstić information content (AvgIpc) is 2.85. The molecule has 1 aliphatic rings. The van der Waals surface area contributed by atoms with Gasteiger partial charge in [-0.05, 0) is 18.9 Å². The molecule has 1 amide bonds. The first-order chi connectivity index (χ1) is 7.72. The molecule has 1 aliphatic heterocycles. The van der Waals surface area contributed by atoms with Crippen LogP contribution in [0, 0.1) is 0 Å². The van der Waals surface area contributed by atoms with Crippen LogP contribution in [0.15, 0.2) is 6.07 Å². The van der Waals surface area contributed by atoms with E-state index in [4.69, 9.17) is 4.74 Å². The Kier molecular flexibility index (Phi) is 3.12. The van der Waals surface area contributed by atoms with Crippen molar-refractivity contribution in [1.82, 2.24) is 15.1 Å². The molecule has 5 heteroatoms. The molecular weight excluding hydrogens is 206 g/mol. The molecule has 1 atom stereocenters. The van der Waals surface area contributed by atoms with E-state index in [1.54, 1.807) is 0 Å². The normalized spacial score (nSPS) is 19.6. The maximum Gasteiger partial charge on any atom is 0.407 e. The summed E-state index contributed by atoms with van der Waals surface area (Å²) in [6, 6.07) is 2.12. The largest absolute Gasteiger partial charge is 0.442 e. The molecule has 1 aromatic rings. The Hall–Kier alpha value is -1.52. The molecule has 1 N–H and O–H groups in total. The first-order valence-corrected chi connectivity index (χ1v) is 5.73. The fourth-order valence-corrected chi connectivity index (χ4v) is 1.86. The Bertz CT molecular complexity index is 387. The van der Waals surface area contributed by atoms with E-state index in [0.29, 0.717) is 13.1 Å². The van der Waals surface area contributed by atoms with E-state index in [1.165, 1.54) is 5.69 Å². The number of aromatic nitrogens is 2. The van der Waals surface area contributed by atoms with Crippen molar-refractivity contribution >= 4 is 6.09 Å². The van der Waals surface area contributed by atoms with Gasteiger partial charge in [-0.3, -0.25) is 4.68 Å². The highest BCUT2D eigenvalue weighted by Crippen LogP contribution is 2.10. The lowest BCUT2D eigenvalue weighted by Gasteiger charge is -2.10. The van der Waals surface area contributed by atoms with E-state index in [-0.39, 0.29) is 12.2 Å².